The van der Waals surface area contributed by atoms with Crippen molar-refractivity contribution in [2.45, 2.75) is 20.3 Å². The van der Waals surface area contributed by atoms with Crippen molar-refractivity contribution >= 4 is 41.2 Å². The van der Waals surface area contributed by atoms with Crippen LogP contribution in [0.25, 0.3) is 5.69 Å². The van der Waals surface area contributed by atoms with Gasteiger partial charge in [-0.15, -0.1) is 6.58 Å². The van der Waals surface area contributed by atoms with Gasteiger partial charge in [0.15, 0.2) is 0 Å². The summed E-state index contributed by atoms with van der Waals surface area (Å²) in [5, 5.41) is 7.55. The third-order valence-electron chi connectivity index (χ3n) is 3.78. The van der Waals surface area contributed by atoms with Gasteiger partial charge in [0.25, 0.3) is 0 Å². The molecule has 1 heterocycles. The summed E-state index contributed by atoms with van der Waals surface area (Å²) in [5.74, 6) is -0.888. The number of rotatable bonds is 7. The van der Waals surface area contributed by atoms with Crippen LogP contribution in [0, 0.1) is 13.8 Å². The SMILES string of the molecule is C=CCNC(=O)CC(=O)N/N=C/c1cc(C)n(-c2ccc(Cl)cc2Cl)c1C. The lowest BCUT2D eigenvalue weighted by Gasteiger charge is -2.11. The van der Waals surface area contributed by atoms with Gasteiger partial charge in [-0.3, -0.25) is 9.59 Å². The molecule has 1 aromatic heterocycles. The molecule has 27 heavy (non-hydrogen) atoms. The number of carbonyl (C=O) groups excluding carboxylic acids is 2. The van der Waals surface area contributed by atoms with E-state index in [9.17, 15) is 9.59 Å². The van der Waals surface area contributed by atoms with E-state index in [1.54, 1.807) is 12.1 Å². The topological polar surface area (TPSA) is 75.5 Å². The second-order valence-electron chi connectivity index (χ2n) is 5.82. The molecule has 0 aliphatic rings. The van der Waals surface area contributed by atoms with Crippen LogP contribution in [-0.4, -0.2) is 29.1 Å². The molecule has 1 aromatic carbocycles. The highest BCUT2D eigenvalue weighted by molar-refractivity contribution is 6.35. The summed E-state index contributed by atoms with van der Waals surface area (Å²) >= 11 is 12.3. The fourth-order valence-electron chi connectivity index (χ4n) is 2.56. The highest BCUT2D eigenvalue weighted by Crippen LogP contribution is 2.28. The Morgan fingerprint density at radius 3 is 2.63 bits per heavy atom. The van der Waals surface area contributed by atoms with E-state index in [0.29, 0.717) is 16.6 Å². The third kappa shape index (κ3) is 5.45. The average molecular weight is 407 g/mol. The van der Waals surface area contributed by atoms with Crippen LogP contribution in [-0.2, 0) is 9.59 Å². The van der Waals surface area contributed by atoms with E-state index >= 15 is 0 Å². The maximum Gasteiger partial charge on any atom is 0.249 e. The zero-order valence-corrected chi connectivity index (χ0v) is 16.6. The average Bonchev–Trinajstić information content (AvgIpc) is 2.87. The molecule has 2 aromatic rings. The van der Waals surface area contributed by atoms with E-state index in [0.717, 1.165) is 22.6 Å². The van der Waals surface area contributed by atoms with Crippen LogP contribution in [0.1, 0.15) is 23.4 Å². The first-order valence-corrected chi connectivity index (χ1v) is 8.93. The molecule has 0 radical (unpaired) electrons. The molecule has 0 fully saturated rings. The van der Waals surface area contributed by atoms with Crippen molar-refractivity contribution in [2.75, 3.05) is 6.54 Å². The summed E-state index contributed by atoms with van der Waals surface area (Å²) in [5.41, 5.74) is 5.82. The Hall–Kier alpha value is -2.57. The lowest BCUT2D eigenvalue weighted by Crippen LogP contribution is -2.29. The molecule has 0 aliphatic carbocycles. The maximum atomic E-state index is 11.7. The van der Waals surface area contributed by atoms with Crippen LogP contribution in [0.15, 0.2) is 42.0 Å². The van der Waals surface area contributed by atoms with Crippen LogP contribution in [0.2, 0.25) is 10.0 Å². The molecule has 2 N–H and O–H groups in total. The Balaban J connectivity index is 2.10. The van der Waals surface area contributed by atoms with E-state index < -0.39 is 11.8 Å². The Bertz CT molecular complexity index is 903. The predicted octanol–water partition coefficient (Wildman–Crippen LogP) is 3.54. The minimum absolute atomic E-state index is 0.301. The van der Waals surface area contributed by atoms with Gasteiger partial charge in [-0.2, -0.15) is 5.10 Å². The van der Waals surface area contributed by atoms with Gasteiger partial charge in [-0.25, -0.2) is 5.43 Å². The van der Waals surface area contributed by atoms with Crippen molar-refractivity contribution in [2.24, 2.45) is 5.10 Å². The number of benzene rings is 1. The second-order valence-corrected chi connectivity index (χ2v) is 6.66. The molecule has 8 heteroatoms. The van der Waals surface area contributed by atoms with Crippen LogP contribution in [0.4, 0.5) is 0 Å². The predicted molar refractivity (Wildman–Crippen MR) is 109 cm³/mol. The molecular formula is C19H20Cl2N4O2. The van der Waals surface area contributed by atoms with Crippen LogP contribution < -0.4 is 10.7 Å². The van der Waals surface area contributed by atoms with Crippen molar-refractivity contribution in [1.82, 2.24) is 15.3 Å². The fraction of sp³-hybridized carbons (Fsp3) is 0.211. The molecule has 0 spiro atoms. The van der Waals surface area contributed by atoms with Gasteiger partial charge in [0.05, 0.1) is 16.9 Å². The molecule has 142 valence electrons. The van der Waals surface area contributed by atoms with Gasteiger partial charge in [0.2, 0.25) is 11.8 Å². The number of halogens is 2. The minimum atomic E-state index is -0.498. The molecule has 0 atom stereocenters. The Morgan fingerprint density at radius 1 is 1.22 bits per heavy atom. The quantitative estimate of drug-likeness (QED) is 0.319. The monoisotopic (exact) mass is 406 g/mol. The Morgan fingerprint density at radius 2 is 1.96 bits per heavy atom. The minimum Gasteiger partial charge on any atom is -0.352 e. The smallest absolute Gasteiger partial charge is 0.249 e. The van der Waals surface area contributed by atoms with Gasteiger partial charge >= 0.3 is 0 Å². The molecule has 2 rings (SSSR count). The summed E-state index contributed by atoms with van der Waals surface area (Å²) in [7, 11) is 0. The number of hydrogen-bond donors (Lipinski definition) is 2. The molecule has 2 amide bonds. The van der Waals surface area contributed by atoms with Crippen molar-refractivity contribution in [3.63, 3.8) is 0 Å². The van der Waals surface area contributed by atoms with E-state index in [2.05, 4.69) is 22.4 Å². The van der Waals surface area contributed by atoms with E-state index in [-0.39, 0.29) is 6.42 Å². The maximum absolute atomic E-state index is 11.7. The van der Waals surface area contributed by atoms with Crippen LogP contribution in [0.5, 0.6) is 0 Å². The highest BCUT2D eigenvalue weighted by atomic mass is 35.5. The summed E-state index contributed by atoms with van der Waals surface area (Å²) in [6.07, 6.45) is 2.77. The van der Waals surface area contributed by atoms with Gasteiger partial charge in [-0.05, 0) is 38.1 Å². The number of nitrogens with zero attached hydrogens (tertiary/aromatic N) is 2. The lowest BCUT2D eigenvalue weighted by molar-refractivity contribution is -0.129. The van der Waals surface area contributed by atoms with Gasteiger partial charge < -0.3 is 9.88 Å². The van der Waals surface area contributed by atoms with Crippen molar-refractivity contribution < 1.29 is 9.59 Å². The fourth-order valence-corrected chi connectivity index (χ4v) is 3.05. The molecule has 6 nitrogen and oxygen atoms in total. The third-order valence-corrected chi connectivity index (χ3v) is 4.32. The normalized spacial score (nSPS) is 10.8. The zero-order valence-electron chi connectivity index (χ0n) is 15.1. The molecule has 0 bridgehead atoms. The molecular weight excluding hydrogens is 387 g/mol. The van der Waals surface area contributed by atoms with Crippen LogP contribution in [0.3, 0.4) is 0 Å². The van der Waals surface area contributed by atoms with Crippen molar-refractivity contribution in [3.05, 3.63) is 63.9 Å². The summed E-state index contributed by atoms with van der Waals surface area (Å²) in [6.45, 7) is 7.67. The lowest BCUT2D eigenvalue weighted by atomic mass is 10.2. The first-order chi connectivity index (χ1) is 12.8. The Labute approximate surface area is 167 Å². The molecule has 0 unspecified atom stereocenters. The number of amides is 2. The molecule has 0 saturated heterocycles. The molecule has 0 saturated carbocycles. The standard InChI is InChI=1S/C19H20Cl2N4O2/c1-4-7-22-18(26)10-19(27)24-23-11-14-8-12(2)25(13(14)3)17-6-5-15(20)9-16(17)21/h4-6,8-9,11H,1,7,10H2,2-3H3,(H,22,26)(H,24,27)/b23-11+. The summed E-state index contributed by atoms with van der Waals surface area (Å²) in [6, 6.07) is 7.22. The van der Waals surface area contributed by atoms with E-state index in [1.807, 2.05) is 30.5 Å². The largest absolute Gasteiger partial charge is 0.352 e. The van der Waals surface area contributed by atoms with Crippen LogP contribution >= 0.6 is 23.2 Å². The van der Waals surface area contributed by atoms with Crippen molar-refractivity contribution in [1.29, 1.82) is 0 Å². The van der Waals surface area contributed by atoms with Gasteiger partial charge in [0, 0.05) is 28.5 Å². The summed E-state index contributed by atoms with van der Waals surface area (Å²) < 4.78 is 1.98. The second kappa shape index (κ2) is 9.39. The van der Waals surface area contributed by atoms with Crippen molar-refractivity contribution in [3.8, 4) is 5.69 Å². The molecule has 0 aliphatic heterocycles. The number of aromatic nitrogens is 1. The number of hydrogen-bond acceptors (Lipinski definition) is 3. The van der Waals surface area contributed by atoms with E-state index in [1.165, 1.54) is 12.3 Å². The zero-order chi connectivity index (χ0) is 20.0. The highest BCUT2D eigenvalue weighted by Gasteiger charge is 2.13. The van der Waals surface area contributed by atoms with E-state index in [4.69, 9.17) is 23.2 Å². The summed E-state index contributed by atoms with van der Waals surface area (Å²) in [4.78, 5) is 23.2. The number of hydrazone groups is 1. The van der Waals surface area contributed by atoms with Gasteiger partial charge in [-0.1, -0.05) is 29.3 Å². The number of carbonyl (C=O) groups is 2. The number of aryl methyl sites for hydroxylation is 1. The first-order valence-electron chi connectivity index (χ1n) is 8.17. The first kappa shape index (κ1) is 20.7. The Kier molecular flexibility index (Phi) is 7.21. The number of nitrogens with one attached hydrogen (secondary N) is 2. The van der Waals surface area contributed by atoms with Gasteiger partial charge in [0.1, 0.15) is 6.42 Å².